The van der Waals surface area contributed by atoms with Gasteiger partial charge in [-0.05, 0) is 40.0 Å². The van der Waals surface area contributed by atoms with E-state index >= 15 is 0 Å². The minimum absolute atomic E-state index is 0.00877. The summed E-state index contributed by atoms with van der Waals surface area (Å²) in [5.41, 5.74) is -1.04. The molecule has 2 fully saturated rings. The topological polar surface area (TPSA) is 53.3 Å². The summed E-state index contributed by atoms with van der Waals surface area (Å²) in [6.07, 6.45) is 2.46. The molecule has 17 heavy (non-hydrogen) atoms. The first kappa shape index (κ1) is 12.4. The second-order valence-electron chi connectivity index (χ2n) is 5.92. The Balaban J connectivity index is 2.12. The van der Waals surface area contributed by atoms with Gasteiger partial charge in [-0.2, -0.15) is 5.26 Å². The Kier molecular flexibility index (Phi) is 2.90. The van der Waals surface area contributed by atoms with Crippen LogP contribution in [0.5, 0.6) is 0 Å². The van der Waals surface area contributed by atoms with Crippen LogP contribution in [0.2, 0.25) is 0 Å². The SMILES string of the molecule is CC1CN(C(=O)C2(C#N)CCC2)CC(C)(C)O1. The number of carbonyl (C=O) groups is 1. The minimum Gasteiger partial charge on any atom is -0.369 e. The van der Waals surface area contributed by atoms with Gasteiger partial charge in [0.15, 0.2) is 0 Å². The zero-order valence-electron chi connectivity index (χ0n) is 10.8. The van der Waals surface area contributed by atoms with Crippen LogP contribution < -0.4 is 0 Å². The number of hydrogen-bond donors (Lipinski definition) is 0. The highest BCUT2D eigenvalue weighted by Gasteiger charge is 2.48. The van der Waals surface area contributed by atoms with Crippen LogP contribution in [-0.4, -0.2) is 35.6 Å². The molecule has 0 bridgehead atoms. The van der Waals surface area contributed by atoms with E-state index < -0.39 is 5.41 Å². The highest BCUT2D eigenvalue weighted by atomic mass is 16.5. The summed E-state index contributed by atoms with van der Waals surface area (Å²) in [5, 5.41) is 9.20. The molecule has 4 heteroatoms. The predicted octanol–water partition coefficient (Wildman–Crippen LogP) is 1.71. The molecule has 4 nitrogen and oxygen atoms in total. The monoisotopic (exact) mass is 236 g/mol. The summed E-state index contributed by atoms with van der Waals surface area (Å²) in [4.78, 5) is 14.2. The molecule has 1 saturated carbocycles. The van der Waals surface area contributed by atoms with Crippen LogP contribution in [0.15, 0.2) is 0 Å². The van der Waals surface area contributed by atoms with Crippen molar-refractivity contribution in [1.29, 1.82) is 5.26 Å². The van der Waals surface area contributed by atoms with Crippen LogP contribution in [0, 0.1) is 16.7 Å². The molecule has 94 valence electrons. The van der Waals surface area contributed by atoms with E-state index in [2.05, 4.69) is 6.07 Å². The molecule has 1 heterocycles. The minimum atomic E-state index is -0.729. The average molecular weight is 236 g/mol. The molecule has 2 rings (SSSR count). The van der Waals surface area contributed by atoms with E-state index in [0.717, 1.165) is 6.42 Å². The first-order valence-electron chi connectivity index (χ1n) is 6.27. The Labute approximate surface area is 103 Å². The summed E-state index contributed by atoms with van der Waals surface area (Å²) in [7, 11) is 0. The third-order valence-corrected chi connectivity index (χ3v) is 3.69. The van der Waals surface area contributed by atoms with Crippen LogP contribution in [0.25, 0.3) is 0 Å². The van der Waals surface area contributed by atoms with E-state index in [1.807, 2.05) is 25.7 Å². The fourth-order valence-corrected chi connectivity index (χ4v) is 2.81. The standard InChI is InChI=1S/C13H20N2O2/c1-10-7-15(9-12(2,3)17-10)11(16)13(8-14)5-4-6-13/h10H,4-7,9H2,1-3H3. The van der Waals surface area contributed by atoms with Crippen LogP contribution in [0.4, 0.5) is 0 Å². The van der Waals surface area contributed by atoms with Crippen molar-refractivity contribution in [3.63, 3.8) is 0 Å². The normalized spacial score (nSPS) is 30.2. The predicted molar refractivity (Wildman–Crippen MR) is 63.1 cm³/mol. The fraction of sp³-hybridized carbons (Fsp3) is 0.846. The number of nitrogens with zero attached hydrogens (tertiary/aromatic N) is 2. The molecular weight excluding hydrogens is 216 g/mol. The molecular formula is C13H20N2O2. The molecule has 0 aromatic rings. The highest BCUT2D eigenvalue weighted by molar-refractivity contribution is 5.86. The maximum atomic E-state index is 12.4. The molecule has 1 saturated heterocycles. The Bertz CT molecular complexity index is 366. The van der Waals surface area contributed by atoms with Crippen molar-refractivity contribution in [3.05, 3.63) is 0 Å². The molecule has 0 N–H and O–H groups in total. The number of ether oxygens (including phenoxy) is 1. The van der Waals surface area contributed by atoms with Gasteiger partial charge in [-0.3, -0.25) is 4.79 Å². The second kappa shape index (κ2) is 3.99. The molecule has 0 aromatic heterocycles. The van der Waals surface area contributed by atoms with Crippen molar-refractivity contribution in [2.45, 2.75) is 51.7 Å². The lowest BCUT2D eigenvalue weighted by Gasteiger charge is -2.45. The molecule has 1 aliphatic heterocycles. The Morgan fingerprint density at radius 1 is 1.47 bits per heavy atom. The Hall–Kier alpha value is -1.08. The third-order valence-electron chi connectivity index (χ3n) is 3.69. The maximum absolute atomic E-state index is 12.4. The van der Waals surface area contributed by atoms with Crippen LogP contribution >= 0.6 is 0 Å². The average Bonchev–Trinajstić information content (AvgIpc) is 2.13. The van der Waals surface area contributed by atoms with Gasteiger partial charge in [0.25, 0.3) is 0 Å². The summed E-state index contributed by atoms with van der Waals surface area (Å²) in [5.74, 6) is 0.00877. The lowest BCUT2D eigenvalue weighted by atomic mass is 9.69. The van der Waals surface area contributed by atoms with Gasteiger partial charge >= 0.3 is 0 Å². The van der Waals surface area contributed by atoms with Crippen molar-refractivity contribution >= 4 is 5.91 Å². The zero-order valence-corrected chi connectivity index (χ0v) is 10.8. The largest absolute Gasteiger partial charge is 0.369 e. The van der Waals surface area contributed by atoms with Crippen LogP contribution in [0.3, 0.4) is 0 Å². The number of morpholine rings is 1. The van der Waals surface area contributed by atoms with E-state index in [4.69, 9.17) is 4.74 Å². The van der Waals surface area contributed by atoms with Crippen molar-refractivity contribution in [2.75, 3.05) is 13.1 Å². The lowest BCUT2D eigenvalue weighted by molar-refractivity contribution is -0.167. The molecule has 0 spiro atoms. The van der Waals surface area contributed by atoms with Gasteiger partial charge in [-0.25, -0.2) is 0 Å². The van der Waals surface area contributed by atoms with Gasteiger partial charge in [0.1, 0.15) is 5.41 Å². The third kappa shape index (κ3) is 2.16. The van der Waals surface area contributed by atoms with Gasteiger partial charge in [-0.1, -0.05) is 0 Å². The van der Waals surface area contributed by atoms with Gasteiger partial charge in [0.2, 0.25) is 5.91 Å². The van der Waals surface area contributed by atoms with E-state index in [9.17, 15) is 10.1 Å². The number of nitriles is 1. The quantitative estimate of drug-likeness (QED) is 0.696. The zero-order chi connectivity index (χ0) is 12.7. The molecule has 1 amide bonds. The number of carbonyl (C=O) groups excluding carboxylic acids is 1. The Morgan fingerprint density at radius 3 is 2.53 bits per heavy atom. The van der Waals surface area contributed by atoms with E-state index in [-0.39, 0.29) is 17.6 Å². The number of rotatable bonds is 1. The first-order valence-corrected chi connectivity index (χ1v) is 6.27. The summed E-state index contributed by atoms with van der Waals surface area (Å²) < 4.78 is 5.78. The first-order chi connectivity index (χ1) is 7.88. The fourth-order valence-electron chi connectivity index (χ4n) is 2.81. The second-order valence-corrected chi connectivity index (χ2v) is 5.92. The van der Waals surface area contributed by atoms with Gasteiger partial charge in [-0.15, -0.1) is 0 Å². The van der Waals surface area contributed by atoms with E-state index in [0.29, 0.717) is 25.9 Å². The molecule has 1 aliphatic carbocycles. The molecule has 0 aromatic carbocycles. The van der Waals surface area contributed by atoms with Crippen molar-refractivity contribution in [2.24, 2.45) is 5.41 Å². The van der Waals surface area contributed by atoms with Crippen molar-refractivity contribution in [1.82, 2.24) is 4.90 Å². The van der Waals surface area contributed by atoms with E-state index in [1.54, 1.807) is 0 Å². The smallest absolute Gasteiger partial charge is 0.243 e. The van der Waals surface area contributed by atoms with Crippen molar-refractivity contribution in [3.8, 4) is 6.07 Å². The Morgan fingerprint density at radius 2 is 2.12 bits per heavy atom. The molecule has 2 aliphatic rings. The maximum Gasteiger partial charge on any atom is 0.243 e. The van der Waals surface area contributed by atoms with Gasteiger partial charge < -0.3 is 9.64 Å². The molecule has 1 unspecified atom stereocenters. The van der Waals surface area contributed by atoms with Crippen molar-refractivity contribution < 1.29 is 9.53 Å². The van der Waals surface area contributed by atoms with Crippen LogP contribution in [-0.2, 0) is 9.53 Å². The number of amides is 1. The summed E-state index contributed by atoms with van der Waals surface area (Å²) in [6, 6.07) is 2.22. The molecule has 1 atom stereocenters. The van der Waals surface area contributed by atoms with Gasteiger partial charge in [0.05, 0.1) is 17.8 Å². The summed E-state index contributed by atoms with van der Waals surface area (Å²) >= 11 is 0. The van der Waals surface area contributed by atoms with Gasteiger partial charge in [0, 0.05) is 13.1 Å². The molecule has 0 radical (unpaired) electrons. The van der Waals surface area contributed by atoms with E-state index in [1.165, 1.54) is 0 Å². The number of hydrogen-bond acceptors (Lipinski definition) is 3. The summed E-state index contributed by atoms with van der Waals surface area (Å²) in [6.45, 7) is 7.14. The van der Waals surface area contributed by atoms with Crippen LogP contribution in [0.1, 0.15) is 40.0 Å². The lowest BCUT2D eigenvalue weighted by Crippen LogP contribution is -2.58. The highest BCUT2D eigenvalue weighted by Crippen LogP contribution is 2.42.